The molecule has 1 amide bonds. The number of carboxylic acids is 1. The van der Waals surface area contributed by atoms with Crippen LogP contribution in [0.2, 0.25) is 0 Å². The van der Waals surface area contributed by atoms with Gasteiger partial charge in [0.25, 0.3) is 0 Å². The van der Waals surface area contributed by atoms with E-state index in [1.807, 2.05) is 26.0 Å². The summed E-state index contributed by atoms with van der Waals surface area (Å²) in [6, 6.07) is 3.84. The molecule has 0 radical (unpaired) electrons. The van der Waals surface area contributed by atoms with Gasteiger partial charge < -0.3 is 10.4 Å². The smallest absolute Gasteiger partial charge is 0.304 e. The van der Waals surface area contributed by atoms with E-state index in [0.717, 1.165) is 22.4 Å². The molecule has 0 spiro atoms. The van der Waals surface area contributed by atoms with Crippen LogP contribution in [-0.2, 0) is 9.59 Å². The Labute approximate surface area is 93.3 Å². The molecule has 0 fully saturated rings. The minimum Gasteiger partial charge on any atom is -0.481 e. The number of carbonyl (C=O) groups is 2. The van der Waals surface area contributed by atoms with Crippen LogP contribution in [0, 0.1) is 13.8 Å². The maximum atomic E-state index is 11.7. The topological polar surface area (TPSA) is 66.4 Å². The lowest BCUT2D eigenvalue weighted by Crippen LogP contribution is -2.15. The fourth-order valence-electron chi connectivity index (χ4n) is 2.27. The van der Waals surface area contributed by atoms with Gasteiger partial charge in [-0.1, -0.05) is 6.07 Å². The minimum atomic E-state index is -0.951. The van der Waals surface area contributed by atoms with Crippen molar-refractivity contribution in [3.63, 3.8) is 0 Å². The van der Waals surface area contributed by atoms with Crippen LogP contribution in [0.1, 0.15) is 29.0 Å². The Hall–Kier alpha value is -1.84. The first-order valence-electron chi connectivity index (χ1n) is 5.13. The van der Waals surface area contributed by atoms with E-state index in [0.29, 0.717) is 0 Å². The van der Waals surface area contributed by atoms with Crippen LogP contribution < -0.4 is 5.32 Å². The standard InChI is InChI=1S/C12H13NO3/c1-6-3-7(2)11-8(5-10(14)15)12(16)13-9(11)4-6/h3-4,8H,5H2,1-2H3,(H,13,16)(H,14,15)/t8-/m1/s1. The molecular weight excluding hydrogens is 206 g/mol. The molecule has 0 saturated heterocycles. The number of fused-ring (bicyclic) bond motifs is 1. The first-order chi connectivity index (χ1) is 7.49. The zero-order valence-corrected chi connectivity index (χ0v) is 9.20. The highest BCUT2D eigenvalue weighted by atomic mass is 16.4. The van der Waals surface area contributed by atoms with Gasteiger partial charge in [-0.3, -0.25) is 9.59 Å². The van der Waals surface area contributed by atoms with E-state index in [2.05, 4.69) is 5.32 Å². The first kappa shape index (κ1) is 10.7. The number of rotatable bonds is 2. The lowest BCUT2D eigenvalue weighted by molar-refractivity contribution is -0.138. The van der Waals surface area contributed by atoms with Gasteiger partial charge in [-0.05, 0) is 36.6 Å². The molecule has 1 aromatic carbocycles. The van der Waals surface area contributed by atoms with Crippen molar-refractivity contribution in [3.05, 3.63) is 28.8 Å². The maximum Gasteiger partial charge on any atom is 0.304 e. The molecule has 16 heavy (non-hydrogen) atoms. The second-order valence-electron chi connectivity index (χ2n) is 4.18. The van der Waals surface area contributed by atoms with Crippen molar-refractivity contribution < 1.29 is 14.7 Å². The molecule has 1 aromatic rings. The van der Waals surface area contributed by atoms with Crippen LogP contribution >= 0.6 is 0 Å². The molecule has 0 unspecified atom stereocenters. The van der Waals surface area contributed by atoms with Gasteiger partial charge in [-0.15, -0.1) is 0 Å². The Morgan fingerprint density at radius 1 is 1.44 bits per heavy atom. The highest BCUT2D eigenvalue weighted by Crippen LogP contribution is 2.37. The molecule has 4 nitrogen and oxygen atoms in total. The number of aryl methyl sites for hydroxylation is 2. The normalized spacial score (nSPS) is 18.1. The first-order valence-corrected chi connectivity index (χ1v) is 5.13. The van der Waals surface area contributed by atoms with Crippen LogP contribution in [0.15, 0.2) is 12.1 Å². The third kappa shape index (κ3) is 1.66. The molecule has 1 aliphatic heterocycles. The lowest BCUT2D eigenvalue weighted by Gasteiger charge is -2.09. The van der Waals surface area contributed by atoms with Crippen LogP contribution in [0.25, 0.3) is 0 Å². The summed E-state index contributed by atoms with van der Waals surface area (Å²) >= 11 is 0. The molecule has 0 aliphatic carbocycles. The van der Waals surface area contributed by atoms with Crippen molar-refractivity contribution >= 4 is 17.6 Å². The number of amides is 1. The average molecular weight is 219 g/mol. The summed E-state index contributed by atoms with van der Waals surface area (Å²) in [5.41, 5.74) is 3.62. The number of hydrogen-bond acceptors (Lipinski definition) is 2. The number of anilines is 1. The second kappa shape index (κ2) is 3.63. The highest BCUT2D eigenvalue weighted by Gasteiger charge is 2.33. The highest BCUT2D eigenvalue weighted by molar-refractivity contribution is 6.05. The predicted molar refractivity (Wildman–Crippen MR) is 59.5 cm³/mol. The summed E-state index contributed by atoms with van der Waals surface area (Å²) < 4.78 is 0. The molecular formula is C12H13NO3. The quantitative estimate of drug-likeness (QED) is 0.797. The summed E-state index contributed by atoms with van der Waals surface area (Å²) in [7, 11) is 0. The van der Waals surface area contributed by atoms with Crippen molar-refractivity contribution in [1.29, 1.82) is 0 Å². The zero-order valence-electron chi connectivity index (χ0n) is 9.20. The predicted octanol–water partition coefficient (Wildman–Crippen LogP) is 1.81. The van der Waals surface area contributed by atoms with E-state index < -0.39 is 11.9 Å². The Kier molecular flexibility index (Phi) is 2.42. The molecule has 84 valence electrons. The van der Waals surface area contributed by atoms with Crippen LogP contribution in [0.3, 0.4) is 0 Å². The van der Waals surface area contributed by atoms with E-state index >= 15 is 0 Å². The number of nitrogens with one attached hydrogen (secondary N) is 1. The van der Waals surface area contributed by atoms with Gasteiger partial charge in [-0.2, -0.15) is 0 Å². The SMILES string of the molecule is Cc1cc(C)c2c(c1)NC(=O)[C@@H]2CC(=O)O. The van der Waals surface area contributed by atoms with Gasteiger partial charge in [-0.25, -0.2) is 0 Å². The second-order valence-corrected chi connectivity index (χ2v) is 4.18. The number of carbonyl (C=O) groups excluding carboxylic acids is 1. The summed E-state index contributed by atoms with van der Waals surface area (Å²) in [5, 5.41) is 11.5. The van der Waals surface area contributed by atoms with Crippen LogP contribution in [-0.4, -0.2) is 17.0 Å². The third-order valence-corrected chi connectivity index (χ3v) is 2.83. The molecule has 1 atom stereocenters. The van der Waals surface area contributed by atoms with Gasteiger partial charge >= 0.3 is 5.97 Å². The average Bonchev–Trinajstić information content (AvgIpc) is 2.41. The fourth-order valence-corrected chi connectivity index (χ4v) is 2.27. The summed E-state index contributed by atoms with van der Waals surface area (Å²) in [6.07, 6.45) is -0.150. The van der Waals surface area contributed by atoms with Crippen molar-refractivity contribution in [3.8, 4) is 0 Å². The van der Waals surface area contributed by atoms with E-state index in [1.165, 1.54) is 0 Å². The number of aliphatic carboxylic acids is 1. The number of carboxylic acid groups (broad SMARTS) is 1. The Bertz CT molecular complexity index is 479. The largest absolute Gasteiger partial charge is 0.481 e. The van der Waals surface area contributed by atoms with Gasteiger partial charge in [0.2, 0.25) is 5.91 Å². The van der Waals surface area contributed by atoms with E-state index in [4.69, 9.17) is 5.11 Å². The van der Waals surface area contributed by atoms with Gasteiger partial charge in [0.15, 0.2) is 0 Å². The summed E-state index contributed by atoms with van der Waals surface area (Å²) in [5.74, 6) is -1.72. The number of benzene rings is 1. The molecule has 0 bridgehead atoms. The number of hydrogen-bond donors (Lipinski definition) is 2. The van der Waals surface area contributed by atoms with E-state index in [9.17, 15) is 9.59 Å². The van der Waals surface area contributed by atoms with Crippen molar-refractivity contribution in [1.82, 2.24) is 0 Å². The fraction of sp³-hybridized carbons (Fsp3) is 0.333. The minimum absolute atomic E-state index is 0.150. The Morgan fingerprint density at radius 3 is 2.75 bits per heavy atom. The molecule has 1 heterocycles. The molecule has 1 aliphatic rings. The van der Waals surface area contributed by atoms with Gasteiger partial charge in [0.1, 0.15) is 0 Å². The molecule has 2 N–H and O–H groups in total. The molecule has 2 rings (SSSR count). The maximum absolute atomic E-state index is 11.7. The molecule has 0 saturated carbocycles. The Morgan fingerprint density at radius 2 is 2.12 bits per heavy atom. The summed E-state index contributed by atoms with van der Waals surface area (Å²) in [4.78, 5) is 22.4. The van der Waals surface area contributed by atoms with Gasteiger partial charge in [0.05, 0.1) is 12.3 Å². The van der Waals surface area contributed by atoms with Crippen molar-refractivity contribution in [2.45, 2.75) is 26.2 Å². The zero-order chi connectivity index (χ0) is 11.9. The molecule has 4 heteroatoms. The van der Waals surface area contributed by atoms with Crippen molar-refractivity contribution in [2.24, 2.45) is 0 Å². The third-order valence-electron chi connectivity index (χ3n) is 2.83. The van der Waals surface area contributed by atoms with E-state index in [-0.39, 0.29) is 12.3 Å². The van der Waals surface area contributed by atoms with Crippen LogP contribution in [0.5, 0.6) is 0 Å². The molecule has 0 aromatic heterocycles. The summed E-state index contributed by atoms with van der Waals surface area (Å²) in [6.45, 7) is 3.85. The monoisotopic (exact) mass is 219 g/mol. The lowest BCUT2D eigenvalue weighted by atomic mass is 9.92. The van der Waals surface area contributed by atoms with Crippen molar-refractivity contribution in [2.75, 3.05) is 5.32 Å². The van der Waals surface area contributed by atoms with E-state index in [1.54, 1.807) is 0 Å². The van der Waals surface area contributed by atoms with Crippen LogP contribution in [0.4, 0.5) is 5.69 Å². The van der Waals surface area contributed by atoms with Gasteiger partial charge in [0, 0.05) is 5.69 Å². The Balaban J connectivity index is 2.48.